The first-order chi connectivity index (χ1) is 19.1. The summed E-state index contributed by atoms with van der Waals surface area (Å²) in [6.45, 7) is 1.90. The fourth-order valence-electron chi connectivity index (χ4n) is 5.48. The molecule has 1 aliphatic carbocycles. The maximum absolute atomic E-state index is 16.4. The maximum Gasteiger partial charge on any atom is 0.163 e. The zero-order valence-electron chi connectivity index (χ0n) is 21.4. The van der Waals surface area contributed by atoms with Crippen LogP contribution in [0.25, 0.3) is 45.4 Å². The van der Waals surface area contributed by atoms with Crippen molar-refractivity contribution in [3.63, 3.8) is 0 Å². The van der Waals surface area contributed by atoms with Crippen LogP contribution >= 0.6 is 0 Å². The first-order valence-corrected chi connectivity index (χ1v) is 13.0. The van der Waals surface area contributed by atoms with Gasteiger partial charge in [0, 0.05) is 22.2 Å². The Kier molecular flexibility index (Phi) is 5.44. The monoisotopic (exact) mass is 508 g/mol. The van der Waals surface area contributed by atoms with E-state index in [-0.39, 0.29) is 5.83 Å². The fourth-order valence-corrected chi connectivity index (χ4v) is 5.48. The largest absolute Gasteiger partial charge is 0.309 e. The standard InChI is InChI=1S/C34H25FN4/c1-34(33-37-31(23-13-5-2-6-14-23)36-32(38-33)24-15-7-3-8-16-24)22-27-26-19-11-12-20-28(26)39(29(27)21-30(34)35)25-17-9-4-10-18-25/h2-21H,22H2,1H3. The second-order valence-corrected chi connectivity index (χ2v) is 10.1. The number of para-hydroxylation sites is 2. The summed E-state index contributed by atoms with van der Waals surface area (Å²) >= 11 is 0. The van der Waals surface area contributed by atoms with Crippen LogP contribution in [0, 0.1) is 0 Å². The molecule has 5 heteroatoms. The summed E-state index contributed by atoms with van der Waals surface area (Å²) in [5.41, 5.74) is 4.66. The zero-order valence-corrected chi connectivity index (χ0v) is 21.4. The van der Waals surface area contributed by atoms with Gasteiger partial charge in [-0.1, -0.05) is 97.1 Å². The van der Waals surface area contributed by atoms with Gasteiger partial charge in [-0.2, -0.15) is 0 Å². The van der Waals surface area contributed by atoms with Crippen molar-refractivity contribution in [2.45, 2.75) is 18.8 Å². The lowest BCUT2D eigenvalue weighted by Gasteiger charge is -2.30. The molecule has 2 aromatic heterocycles. The van der Waals surface area contributed by atoms with Crippen molar-refractivity contribution in [3.05, 3.63) is 138 Å². The number of nitrogens with zero attached hydrogens (tertiary/aromatic N) is 4. The van der Waals surface area contributed by atoms with Crippen LogP contribution < -0.4 is 0 Å². The van der Waals surface area contributed by atoms with Crippen LogP contribution in [0.2, 0.25) is 0 Å². The van der Waals surface area contributed by atoms with Crippen LogP contribution in [0.3, 0.4) is 0 Å². The predicted octanol–water partition coefficient (Wildman–Crippen LogP) is 7.97. The zero-order chi connectivity index (χ0) is 26.4. The van der Waals surface area contributed by atoms with Crippen molar-refractivity contribution in [1.82, 2.24) is 19.5 Å². The van der Waals surface area contributed by atoms with Gasteiger partial charge in [-0.15, -0.1) is 0 Å². The molecule has 0 radical (unpaired) electrons. The van der Waals surface area contributed by atoms with Crippen LogP contribution in [-0.2, 0) is 11.8 Å². The van der Waals surface area contributed by atoms with E-state index in [1.807, 2.05) is 97.9 Å². The normalized spacial score (nSPS) is 16.6. The van der Waals surface area contributed by atoms with Crippen molar-refractivity contribution in [3.8, 4) is 28.5 Å². The molecule has 0 bridgehead atoms. The number of hydrogen-bond acceptors (Lipinski definition) is 3. The SMILES string of the molecule is CC1(c2nc(-c3ccccc3)nc(-c3ccccc3)n2)Cc2c(n(-c3ccccc3)c3ccccc23)C=C1F. The molecule has 39 heavy (non-hydrogen) atoms. The van der Waals surface area contributed by atoms with E-state index in [4.69, 9.17) is 15.0 Å². The van der Waals surface area contributed by atoms with Crippen molar-refractivity contribution in [2.75, 3.05) is 0 Å². The Balaban J connectivity index is 1.44. The van der Waals surface area contributed by atoms with E-state index in [0.29, 0.717) is 23.9 Å². The minimum atomic E-state index is -1.06. The molecule has 1 aliphatic rings. The number of hydrogen-bond donors (Lipinski definition) is 0. The van der Waals surface area contributed by atoms with Crippen LogP contribution in [0.1, 0.15) is 24.0 Å². The Morgan fingerprint density at radius 1 is 0.667 bits per heavy atom. The fraction of sp³-hybridized carbons (Fsp3) is 0.0882. The molecular weight excluding hydrogens is 483 g/mol. The summed E-state index contributed by atoms with van der Waals surface area (Å²) in [5, 5.41) is 1.10. The van der Waals surface area contributed by atoms with Gasteiger partial charge in [0.2, 0.25) is 0 Å². The second kappa shape index (κ2) is 9.14. The summed E-state index contributed by atoms with van der Waals surface area (Å²) in [4.78, 5) is 14.6. The second-order valence-electron chi connectivity index (χ2n) is 10.1. The number of benzene rings is 4. The summed E-state index contributed by atoms with van der Waals surface area (Å²) in [5.74, 6) is 1.22. The molecule has 2 heterocycles. The third-order valence-corrected chi connectivity index (χ3v) is 7.55. The molecule has 7 rings (SSSR count). The van der Waals surface area contributed by atoms with E-state index in [2.05, 4.69) is 28.8 Å². The first-order valence-electron chi connectivity index (χ1n) is 13.0. The highest BCUT2D eigenvalue weighted by Crippen LogP contribution is 2.45. The van der Waals surface area contributed by atoms with Crippen LogP contribution in [-0.4, -0.2) is 19.5 Å². The van der Waals surface area contributed by atoms with Gasteiger partial charge >= 0.3 is 0 Å². The molecule has 4 aromatic carbocycles. The van der Waals surface area contributed by atoms with Gasteiger partial charge in [0.1, 0.15) is 11.7 Å². The minimum Gasteiger partial charge on any atom is -0.309 e. The minimum absolute atomic E-state index is 0.265. The first kappa shape index (κ1) is 23.2. The lowest BCUT2D eigenvalue weighted by Crippen LogP contribution is -2.32. The molecule has 0 spiro atoms. The summed E-state index contributed by atoms with van der Waals surface area (Å²) in [7, 11) is 0. The molecule has 6 aromatic rings. The Morgan fingerprint density at radius 3 is 1.82 bits per heavy atom. The quantitative estimate of drug-likeness (QED) is 0.242. The van der Waals surface area contributed by atoms with Gasteiger partial charge < -0.3 is 4.57 Å². The van der Waals surface area contributed by atoms with Gasteiger partial charge in [-0.05, 0) is 43.2 Å². The van der Waals surface area contributed by atoms with E-state index >= 15 is 4.39 Å². The van der Waals surface area contributed by atoms with Crippen molar-refractivity contribution >= 4 is 17.0 Å². The summed E-state index contributed by atoms with van der Waals surface area (Å²) in [6.07, 6.45) is 2.09. The van der Waals surface area contributed by atoms with E-state index < -0.39 is 5.41 Å². The Morgan fingerprint density at radius 2 is 1.21 bits per heavy atom. The van der Waals surface area contributed by atoms with E-state index in [9.17, 15) is 0 Å². The van der Waals surface area contributed by atoms with Gasteiger partial charge in [0.25, 0.3) is 0 Å². The van der Waals surface area contributed by atoms with Gasteiger partial charge in [0.15, 0.2) is 11.6 Å². The van der Waals surface area contributed by atoms with Crippen molar-refractivity contribution in [2.24, 2.45) is 0 Å². The lowest BCUT2D eigenvalue weighted by atomic mass is 9.77. The molecule has 0 fully saturated rings. The number of aromatic nitrogens is 4. The average molecular weight is 509 g/mol. The van der Waals surface area contributed by atoms with Crippen molar-refractivity contribution < 1.29 is 4.39 Å². The Hall–Kier alpha value is -4.90. The number of fused-ring (bicyclic) bond motifs is 3. The smallest absolute Gasteiger partial charge is 0.163 e. The number of rotatable bonds is 4. The molecule has 188 valence electrons. The van der Waals surface area contributed by atoms with Gasteiger partial charge in [-0.25, -0.2) is 19.3 Å². The molecule has 0 aliphatic heterocycles. The molecule has 1 atom stereocenters. The van der Waals surface area contributed by atoms with Gasteiger partial charge in [-0.3, -0.25) is 0 Å². The molecule has 4 nitrogen and oxygen atoms in total. The molecule has 0 saturated heterocycles. The van der Waals surface area contributed by atoms with E-state index in [0.717, 1.165) is 39.0 Å². The topological polar surface area (TPSA) is 43.6 Å². The van der Waals surface area contributed by atoms with Crippen LogP contribution in [0.15, 0.2) is 121 Å². The number of halogens is 1. The Labute approximate surface area is 226 Å². The molecule has 0 saturated carbocycles. The van der Waals surface area contributed by atoms with E-state index in [1.165, 1.54) is 0 Å². The van der Waals surface area contributed by atoms with E-state index in [1.54, 1.807) is 6.08 Å². The average Bonchev–Trinajstić information content (AvgIpc) is 3.31. The molecular formula is C34H25FN4. The highest BCUT2D eigenvalue weighted by Gasteiger charge is 2.41. The highest BCUT2D eigenvalue weighted by atomic mass is 19.1. The molecule has 0 N–H and O–H groups in total. The summed E-state index contributed by atoms with van der Waals surface area (Å²) < 4.78 is 18.6. The molecule has 1 unspecified atom stereocenters. The lowest BCUT2D eigenvalue weighted by molar-refractivity contribution is 0.404. The highest BCUT2D eigenvalue weighted by molar-refractivity contribution is 5.91. The van der Waals surface area contributed by atoms with Gasteiger partial charge in [0.05, 0.1) is 16.6 Å². The number of allylic oxidation sites excluding steroid dienone is 1. The van der Waals surface area contributed by atoms with Crippen molar-refractivity contribution in [1.29, 1.82) is 0 Å². The maximum atomic E-state index is 16.4. The molecule has 0 amide bonds. The third kappa shape index (κ3) is 3.86. The van der Waals surface area contributed by atoms with Crippen LogP contribution in [0.5, 0.6) is 0 Å². The predicted molar refractivity (Wildman–Crippen MR) is 154 cm³/mol. The Bertz CT molecular complexity index is 1790. The third-order valence-electron chi connectivity index (χ3n) is 7.55. The van der Waals surface area contributed by atoms with Crippen LogP contribution in [0.4, 0.5) is 4.39 Å². The summed E-state index contributed by atoms with van der Waals surface area (Å²) in [6, 6.07) is 38.0.